The van der Waals surface area contributed by atoms with Crippen LogP contribution >= 0.6 is 8.60 Å². The van der Waals surface area contributed by atoms with Crippen molar-refractivity contribution in [3.05, 3.63) is 0 Å². The van der Waals surface area contributed by atoms with E-state index in [1.165, 1.54) is 84.2 Å². The van der Waals surface area contributed by atoms with E-state index < -0.39 is 20.9 Å². The third-order valence-corrected chi connectivity index (χ3v) is 6.42. The number of ether oxygens (including phenoxy) is 2. The van der Waals surface area contributed by atoms with E-state index in [0.29, 0.717) is 13.0 Å². The smallest absolute Gasteiger partial charge is 0.438 e. The number of hydrogen-bond donors (Lipinski definition) is 1. The normalized spacial score (nSPS) is 13.6. The lowest BCUT2D eigenvalue weighted by Gasteiger charge is -2.24. The third kappa shape index (κ3) is 24.5. The molecule has 0 saturated heterocycles. The number of quaternary nitrogens is 1. The van der Waals surface area contributed by atoms with Gasteiger partial charge in [0.05, 0.1) is 34.9 Å². The molecule has 8 heteroatoms. The van der Waals surface area contributed by atoms with Crippen LogP contribution in [0.1, 0.15) is 103 Å². The zero-order valence-electron chi connectivity index (χ0n) is 22.2. The van der Waals surface area contributed by atoms with E-state index in [1.807, 2.05) is 0 Å². The molecule has 0 heterocycles. The van der Waals surface area contributed by atoms with Gasteiger partial charge in [-0.2, -0.15) is 0 Å². The average molecular weight is 495 g/mol. The Kier molecular flexibility index (Phi) is 21.7. The fraction of sp³-hybridized carbons (Fsp3) is 0.960. The lowest BCUT2D eigenvalue weighted by molar-refractivity contribution is -0.870. The summed E-state index contributed by atoms with van der Waals surface area (Å²) in [6.45, 7) is 3.55. The molecule has 0 amide bonds. The van der Waals surface area contributed by atoms with Crippen LogP contribution in [-0.4, -0.2) is 69.6 Å². The van der Waals surface area contributed by atoms with E-state index >= 15 is 0 Å². The first-order valence-corrected chi connectivity index (χ1v) is 14.2. The van der Waals surface area contributed by atoms with E-state index in [2.05, 4.69) is 32.8 Å². The van der Waals surface area contributed by atoms with Crippen molar-refractivity contribution in [2.45, 2.75) is 109 Å². The third-order valence-electron chi connectivity index (χ3n) is 5.64. The van der Waals surface area contributed by atoms with Crippen molar-refractivity contribution in [1.82, 2.24) is 0 Å². The second-order valence-corrected chi connectivity index (χ2v) is 11.0. The van der Waals surface area contributed by atoms with Gasteiger partial charge in [0, 0.05) is 0 Å². The first-order chi connectivity index (χ1) is 15.8. The lowest BCUT2D eigenvalue weighted by atomic mass is 10.0. The molecule has 0 bridgehead atoms. The summed E-state index contributed by atoms with van der Waals surface area (Å²) in [5, 5.41) is 0. The summed E-state index contributed by atoms with van der Waals surface area (Å²) in [4.78, 5) is 21.4. The number of likely N-dealkylation sites (N-methyl/N-ethyl adjacent to an activating group) is 1. The van der Waals surface area contributed by atoms with Gasteiger partial charge in [-0.1, -0.05) is 90.4 Å². The number of rotatable bonds is 23. The molecule has 0 aromatic carbocycles. The maximum atomic E-state index is 11.5. The number of hydrogen-bond acceptors (Lipinski definition) is 6. The molecule has 0 spiro atoms. The Morgan fingerprint density at radius 1 is 0.818 bits per heavy atom. The molecule has 0 aromatic heterocycles. The molecule has 0 aliphatic heterocycles. The molecule has 33 heavy (non-hydrogen) atoms. The van der Waals surface area contributed by atoms with Crippen molar-refractivity contribution in [3.8, 4) is 0 Å². The quantitative estimate of drug-likeness (QED) is 0.0716. The van der Waals surface area contributed by atoms with Gasteiger partial charge in [0.25, 0.3) is 0 Å². The Labute approximate surface area is 205 Å². The predicted octanol–water partition coefficient (Wildman–Crippen LogP) is 6.97. The van der Waals surface area contributed by atoms with Gasteiger partial charge < -0.3 is 27.9 Å². The second kappa shape index (κ2) is 22.0. The fourth-order valence-electron chi connectivity index (χ4n) is 3.50. The molecule has 1 N–H and O–H groups in total. The average Bonchev–Trinajstić information content (AvgIpc) is 2.76. The Balaban J connectivity index is 3.80. The summed E-state index contributed by atoms with van der Waals surface area (Å²) in [5.41, 5.74) is 0. The fourth-order valence-corrected chi connectivity index (χ4v) is 4.11. The summed E-state index contributed by atoms with van der Waals surface area (Å²) in [6, 6.07) is 0. The number of nitrogens with zero attached hydrogens (tertiary/aromatic N) is 1. The topological polar surface area (TPSA) is 74.2 Å². The molecule has 0 radical (unpaired) electrons. The molecule has 7 nitrogen and oxygen atoms in total. The highest BCUT2D eigenvalue weighted by atomic mass is 31.2. The van der Waals surface area contributed by atoms with Crippen LogP contribution in [0.25, 0.3) is 0 Å². The van der Waals surface area contributed by atoms with Crippen LogP contribution < -0.4 is 0 Å². The predicted molar refractivity (Wildman–Crippen MR) is 136 cm³/mol. The lowest BCUT2D eigenvalue weighted by Crippen LogP contribution is -2.37. The highest BCUT2D eigenvalue weighted by Gasteiger charge is 2.19. The van der Waals surface area contributed by atoms with Crippen molar-refractivity contribution in [2.24, 2.45) is 0 Å². The highest BCUT2D eigenvalue weighted by molar-refractivity contribution is 7.40. The number of unbranched alkanes of at least 4 members (excludes halogenated alkanes) is 13. The number of carbonyl (C=O) groups is 1. The van der Waals surface area contributed by atoms with Crippen LogP contribution in [0.5, 0.6) is 0 Å². The molecule has 198 valence electrons. The van der Waals surface area contributed by atoms with Crippen LogP contribution in [-0.2, 0) is 18.5 Å². The zero-order chi connectivity index (χ0) is 24.8. The summed E-state index contributed by atoms with van der Waals surface area (Å²) in [6.07, 6.45) is 17.7. The van der Waals surface area contributed by atoms with Crippen LogP contribution in [0.3, 0.4) is 0 Å². The molecular weight excluding hydrogens is 441 g/mol. The van der Waals surface area contributed by atoms with Gasteiger partial charge in [0.1, 0.15) is 19.3 Å². The standard InChI is InChI=1S/C25H53NO6P/c1-6-7-8-9-10-11-12-13-14-15-16-17-18-19-20-24(32-25(27)29-5)23-31-33(28)30-22-21-26(2,3)4/h24,28H,6-23H2,1-5H3/q+1. The molecule has 0 aromatic rings. The van der Waals surface area contributed by atoms with Crippen LogP contribution in [0.2, 0.25) is 0 Å². The minimum absolute atomic E-state index is 0.111. The van der Waals surface area contributed by atoms with E-state index in [4.69, 9.17) is 13.8 Å². The molecule has 0 aliphatic rings. The van der Waals surface area contributed by atoms with Crippen molar-refractivity contribution < 1.29 is 32.7 Å². The molecule has 0 rings (SSSR count). The molecule has 0 fully saturated rings. The van der Waals surface area contributed by atoms with Gasteiger partial charge in [-0.15, -0.1) is 0 Å². The Bertz CT molecular complexity index is 447. The Morgan fingerprint density at radius 2 is 1.30 bits per heavy atom. The largest absolute Gasteiger partial charge is 0.508 e. The van der Waals surface area contributed by atoms with E-state index in [-0.39, 0.29) is 6.61 Å². The van der Waals surface area contributed by atoms with Gasteiger partial charge in [0.2, 0.25) is 0 Å². The highest BCUT2D eigenvalue weighted by Crippen LogP contribution is 2.33. The minimum Gasteiger partial charge on any atom is -0.438 e. The molecule has 0 aliphatic carbocycles. The molecule has 2 atom stereocenters. The maximum Gasteiger partial charge on any atom is 0.508 e. The van der Waals surface area contributed by atoms with Gasteiger partial charge >= 0.3 is 14.8 Å². The van der Waals surface area contributed by atoms with Crippen LogP contribution in [0.15, 0.2) is 0 Å². The monoisotopic (exact) mass is 494 g/mol. The number of methoxy groups -OCH3 is 1. The van der Waals surface area contributed by atoms with Gasteiger partial charge in [-0.05, 0) is 12.8 Å². The van der Waals surface area contributed by atoms with Gasteiger partial charge in [-0.3, -0.25) is 0 Å². The van der Waals surface area contributed by atoms with Crippen LogP contribution in [0, 0.1) is 0 Å². The summed E-state index contributed by atoms with van der Waals surface area (Å²) >= 11 is 0. The maximum absolute atomic E-state index is 11.5. The second-order valence-electron chi connectivity index (χ2n) is 9.96. The summed E-state index contributed by atoms with van der Waals surface area (Å²) in [7, 11) is 5.48. The van der Waals surface area contributed by atoms with E-state index in [0.717, 1.165) is 23.9 Å². The first kappa shape index (κ1) is 32.5. The first-order valence-electron chi connectivity index (χ1n) is 13.1. The van der Waals surface area contributed by atoms with Crippen molar-refractivity contribution in [2.75, 3.05) is 48.0 Å². The van der Waals surface area contributed by atoms with E-state index in [9.17, 15) is 9.69 Å². The van der Waals surface area contributed by atoms with Gasteiger partial charge in [0.15, 0.2) is 0 Å². The Hall–Kier alpha value is -0.460. The zero-order valence-corrected chi connectivity index (χ0v) is 23.1. The van der Waals surface area contributed by atoms with Crippen molar-refractivity contribution in [3.63, 3.8) is 0 Å². The van der Waals surface area contributed by atoms with E-state index in [1.54, 1.807) is 0 Å². The number of carbonyl (C=O) groups excluding carboxylic acids is 1. The Morgan fingerprint density at radius 3 is 1.76 bits per heavy atom. The van der Waals surface area contributed by atoms with Crippen LogP contribution in [0.4, 0.5) is 4.79 Å². The van der Waals surface area contributed by atoms with Gasteiger partial charge in [-0.25, -0.2) is 4.79 Å². The summed E-state index contributed by atoms with van der Waals surface area (Å²) in [5.74, 6) is 0. The minimum atomic E-state index is -1.98. The molecule has 2 unspecified atom stereocenters. The van der Waals surface area contributed by atoms with Crippen molar-refractivity contribution in [1.29, 1.82) is 0 Å². The molecular formula is C25H53NO6P+. The molecule has 0 saturated carbocycles. The summed E-state index contributed by atoms with van der Waals surface area (Å²) < 4.78 is 21.4. The SMILES string of the molecule is CCCCCCCCCCCCCCCCC(COP(O)OCC[N+](C)(C)C)OC(=O)OC. The van der Waals surface area contributed by atoms with Crippen molar-refractivity contribution >= 4 is 14.8 Å².